The van der Waals surface area contributed by atoms with Crippen LogP contribution < -0.4 is 27.9 Å². The second kappa shape index (κ2) is 8.33. The van der Waals surface area contributed by atoms with Gasteiger partial charge in [0.1, 0.15) is 5.69 Å². The first-order valence-electron chi connectivity index (χ1n) is 7.83. The number of nitrogens with zero attached hydrogens (tertiary/aromatic N) is 2. The van der Waals surface area contributed by atoms with E-state index in [1.54, 1.807) is 6.07 Å². The Hall–Kier alpha value is -1.57. The molecule has 7 nitrogen and oxygen atoms in total. The van der Waals surface area contributed by atoms with E-state index in [0.29, 0.717) is 12.2 Å². The fraction of sp³-hybridized carbons (Fsp3) is 0.600. The quantitative estimate of drug-likeness (QED) is 0.506. The zero-order valence-corrected chi connectivity index (χ0v) is 13.7. The molecule has 1 atom stereocenters. The zero-order chi connectivity index (χ0) is 15.4. The lowest BCUT2D eigenvalue weighted by Gasteiger charge is -2.29. The van der Waals surface area contributed by atoms with E-state index in [4.69, 9.17) is 4.74 Å². The molecule has 2 aliphatic rings. The topological polar surface area (TPSA) is 79.7 Å². The summed E-state index contributed by atoms with van der Waals surface area (Å²) < 4.78 is 5.57. The highest BCUT2D eigenvalue weighted by Gasteiger charge is 2.20. The fourth-order valence-electron chi connectivity index (χ4n) is 2.97. The average molecular weight is 342 g/mol. The molecule has 1 aromatic carbocycles. The molecule has 2 aliphatic heterocycles. The normalized spacial score (nSPS) is 20.9. The molecule has 8 heteroatoms. The predicted molar refractivity (Wildman–Crippen MR) is 85.6 cm³/mol. The molecule has 0 amide bonds. The summed E-state index contributed by atoms with van der Waals surface area (Å²) in [5.74, 6) is 0. The van der Waals surface area contributed by atoms with E-state index in [2.05, 4.69) is 15.5 Å². The molecule has 128 valence electrons. The molecule has 0 bridgehead atoms. The first kappa shape index (κ1) is 17.8. The van der Waals surface area contributed by atoms with Crippen LogP contribution in [0.1, 0.15) is 12.8 Å². The first-order chi connectivity index (χ1) is 10.7. The van der Waals surface area contributed by atoms with E-state index >= 15 is 0 Å². The minimum atomic E-state index is -0.334. The van der Waals surface area contributed by atoms with Gasteiger partial charge >= 0.3 is 0 Å². The second-order valence-electron chi connectivity index (χ2n) is 5.71. The number of nitro groups is 1. The number of hydrogen-bond acceptors (Lipinski definition) is 6. The molecule has 0 aliphatic carbocycles. The van der Waals surface area contributed by atoms with Gasteiger partial charge in [-0.15, -0.1) is 0 Å². The summed E-state index contributed by atoms with van der Waals surface area (Å²) in [6.07, 6.45) is 2.23. The van der Waals surface area contributed by atoms with E-state index in [1.165, 1.54) is 0 Å². The maximum absolute atomic E-state index is 11.2. The van der Waals surface area contributed by atoms with Crippen LogP contribution in [0.2, 0.25) is 0 Å². The van der Waals surface area contributed by atoms with Crippen molar-refractivity contribution in [2.45, 2.75) is 18.9 Å². The van der Waals surface area contributed by atoms with Gasteiger partial charge in [0.25, 0.3) is 5.69 Å². The van der Waals surface area contributed by atoms with Crippen molar-refractivity contribution >= 4 is 17.1 Å². The van der Waals surface area contributed by atoms with Crippen molar-refractivity contribution < 1.29 is 22.1 Å². The third-order valence-corrected chi connectivity index (χ3v) is 4.20. The Bertz CT molecular complexity index is 531. The van der Waals surface area contributed by atoms with Crippen LogP contribution in [0.4, 0.5) is 17.1 Å². The summed E-state index contributed by atoms with van der Waals surface area (Å²) in [6.45, 7) is 5.12. The van der Waals surface area contributed by atoms with Crippen molar-refractivity contribution in [1.82, 2.24) is 5.32 Å². The molecular formula is C15H22ClN4O3-. The molecule has 1 aromatic rings. The van der Waals surface area contributed by atoms with E-state index < -0.39 is 0 Å². The van der Waals surface area contributed by atoms with Crippen LogP contribution in [0.5, 0.6) is 0 Å². The summed E-state index contributed by atoms with van der Waals surface area (Å²) in [6, 6.07) is 5.31. The lowest BCUT2D eigenvalue weighted by molar-refractivity contribution is -0.383. The number of rotatable bonds is 5. The number of anilines is 2. The number of ether oxygens (including phenoxy) is 1. The van der Waals surface area contributed by atoms with E-state index in [0.717, 1.165) is 51.3 Å². The van der Waals surface area contributed by atoms with Crippen molar-refractivity contribution in [3.8, 4) is 0 Å². The standard InChI is InChI=1S/C15H22N4O3.ClH/c20-19(21)15-4-3-12(18-7-5-16-6-8-18)10-14(15)17-11-13-2-1-9-22-13;/h3-4,10,13,16-17H,1-2,5-9,11H2;1H/p-1. The summed E-state index contributed by atoms with van der Waals surface area (Å²) in [4.78, 5) is 13.1. The Balaban J connectivity index is 0.00000192. The largest absolute Gasteiger partial charge is 1.00 e. The molecule has 0 radical (unpaired) electrons. The molecular weight excluding hydrogens is 320 g/mol. The lowest BCUT2D eigenvalue weighted by atomic mass is 10.2. The van der Waals surface area contributed by atoms with E-state index in [9.17, 15) is 10.1 Å². The highest BCUT2D eigenvalue weighted by molar-refractivity contribution is 5.69. The van der Waals surface area contributed by atoms with Gasteiger partial charge in [0.15, 0.2) is 0 Å². The molecule has 1 unspecified atom stereocenters. The molecule has 0 aromatic heterocycles. The molecule has 0 saturated carbocycles. The lowest BCUT2D eigenvalue weighted by Crippen LogP contribution is -3.00. The van der Waals surface area contributed by atoms with Gasteiger partial charge in [-0.05, 0) is 25.0 Å². The van der Waals surface area contributed by atoms with Crippen LogP contribution >= 0.6 is 0 Å². The first-order valence-corrected chi connectivity index (χ1v) is 7.83. The minimum Gasteiger partial charge on any atom is -1.00 e. The average Bonchev–Trinajstić information content (AvgIpc) is 3.07. The van der Waals surface area contributed by atoms with Crippen molar-refractivity contribution in [3.05, 3.63) is 28.3 Å². The van der Waals surface area contributed by atoms with Crippen molar-refractivity contribution in [1.29, 1.82) is 0 Å². The second-order valence-corrected chi connectivity index (χ2v) is 5.71. The number of nitrogens with one attached hydrogen (secondary N) is 2. The monoisotopic (exact) mass is 341 g/mol. The summed E-state index contributed by atoms with van der Waals surface area (Å²) >= 11 is 0. The van der Waals surface area contributed by atoms with Gasteiger partial charge in [0.2, 0.25) is 0 Å². The Morgan fingerprint density at radius 1 is 1.39 bits per heavy atom. The smallest absolute Gasteiger partial charge is 0.292 e. The number of nitro benzene ring substituents is 1. The van der Waals surface area contributed by atoms with Crippen LogP contribution in [-0.4, -0.2) is 50.4 Å². The van der Waals surface area contributed by atoms with Gasteiger partial charge in [-0.3, -0.25) is 10.1 Å². The van der Waals surface area contributed by atoms with Crippen LogP contribution in [-0.2, 0) is 4.74 Å². The van der Waals surface area contributed by atoms with Gasteiger partial charge in [-0.1, -0.05) is 0 Å². The summed E-state index contributed by atoms with van der Waals surface area (Å²) in [5, 5.41) is 17.7. The predicted octanol–water partition coefficient (Wildman–Crippen LogP) is -1.40. The van der Waals surface area contributed by atoms with E-state index in [-0.39, 0.29) is 29.1 Å². The molecule has 23 heavy (non-hydrogen) atoms. The fourth-order valence-corrected chi connectivity index (χ4v) is 2.97. The Kier molecular flexibility index (Phi) is 6.44. The molecule has 2 heterocycles. The maximum Gasteiger partial charge on any atom is 0.292 e. The van der Waals surface area contributed by atoms with Crippen LogP contribution in [0.25, 0.3) is 0 Å². The minimum absolute atomic E-state index is 0. The Labute approximate surface area is 141 Å². The van der Waals surface area contributed by atoms with Gasteiger partial charge < -0.3 is 32.7 Å². The van der Waals surface area contributed by atoms with E-state index in [1.807, 2.05) is 12.1 Å². The summed E-state index contributed by atoms with van der Waals surface area (Å²) in [5.41, 5.74) is 1.73. The highest BCUT2D eigenvalue weighted by Crippen LogP contribution is 2.30. The third kappa shape index (κ3) is 4.46. The Morgan fingerprint density at radius 3 is 2.83 bits per heavy atom. The zero-order valence-electron chi connectivity index (χ0n) is 13.0. The summed E-state index contributed by atoms with van der Waals surface area (Å²) in [7, 11) is 0. The Morgan fingerprint density at radius 2 is 2.17 bits per heavy atom. The third-order valence-electron chi connectivity index (χ3n) is 4.20. The number of hydrogen-bond donors (Lipinski definition) is 2. The maximum atomic E-state index is 11.2. The molecule has 0 spiro atoms. The van der Waals surface area contributed by atoms with Gasteiger partial charge in [0, 0.05) is 51.1 Å². The van der Waals surface area contributed by atoms with Crippen LogP contribution in [0.3, 0.4) is 0 Å². The highest BCUT2D eigenvalue weighted by atomic mass is 35.5. The molecule has 2 fully saturated rings. The molecule has 3 rings (SSSR count). The van der Waals surface area contributed by atoms with Crippen LogP contribution in [0.15, 0.2) is 18.2 Å². The van der Waals surface area contributed by atoms with Crippen LogP contribution in [0, 0.1) is 10.1 Å². The number of piperazine rings is 1. The SMILES string of the molecule is O=[N+]([O-])c1ccc(N2CCNCC2)cc1NCC1CCCO1.[Cl-]. The van der Waals surface area contributed by atoms with Gasteiger partial charge in [0.05, 0.1) is 11.0 Å². The van der Waals surface area contributed by atoms with Crippen molar-refractivity contribution in [2.75, 3.05) is 49.5 Å². The van der Waals surface area contributed by atoms with Crippen molar-refractivity contribution in [2.24, 2.45) is 0 Å². The van der Waals surface area contributed by atoms with Gasteiger partial charge in [-0.2, -0.15) is 0 Å². The molecule has 2 saturated heterocycles. The van der Waals surface area contributed by atoms with Gasteiger partial charge in [-0.25, -0.2) is 0 Å². The number of halogens is 1. The number of benzene rings is 1. The van der Waals surface area contributed by atoms with Crippen molar-refractivity contribution in [3.63, 3.8) is 0 Å². The molecule has 2 N–H and O–H groups in total.